The van der Waals surface area contributed by atoms with Crippen molar-refractivity contribution in [2.45, 2.75) is 20.3 Å². The molecule has 0 unspecified atom stereocenters. The number of ether oxygens (including phenoxy) is 2. The minimum Gasteiger partial charge on any atom is -0.490 e. The summed E-state index contributed by atoms with van der Waals surface area (Å²) in [5.74, 6) is 0.390. The van der Waals surface area contributed by atoms with E-state index in [0.29, 0.717) is 38.0 Å². The van der Waals surface area contributed by atoms with Crippen molar-refractivity contribution in [3.8, 4) is 11.5 Å². The number of aryl methyl sites for hydroxylation is 1. The van der Waals surface area contributed by atoms with E-state index >= 15 is 0 Å². The van der Waals surface area contributed by atoms with Crippen LogP contribution in [-0.2, 0) is 16.0 Å². The van der Waals surface area contributed by atoms with Gasteiger partial charge in [-0.25, -0.2) is 0 Å². The lowest BCUT2D eigenvalue weighted by Gasteiger charge is -2.15. The SMILES string of the molecule is CCOc1cc(/C=C2\SC(=S)N(c3ccc(CC)cc3)C2=O)ccc1OCC(=O)Nc1cccc(Cl)c1. The number of thioether (sulfide) groups is 1. The zero-order valence-corrected chi connectivity index (χ0v) is 22.7. The topological polar surface area (TPSA) is 67.9 Å². The lowest BCUT2D eigenvalue weighted by Crippen LogP contribution is -2.27. The fourth-order valence-corrected chi connectivity index (χ4v) is 5.12. The molecule has 3 aromatic rings. The maximum absolute atomic E-state index is 13.1. The fourth-order valence-electron chi connectivity index (χ4n) is 3.63. The molecule has 1 aliphatic rings. The molecule has 3 aromatic carbocycles. The van der Waals surface area contributed by atoms with Crippen molar-refractivity contribution in [1.29, 1.82) is 0 Å². The molecule has 4 rings (SSSR count). The highest BCUT2D eigenvalue weighted by atomic mass is 35.5. The van der Waals surface area contributed by atoms with Crippen molar-refractivity contribution in [1.82, 2.24) is 0 Å². The number of nitrogens with zero attached hydrogens (tertiary/aromatic N) is 1. The van der Waals surface area contributed by atoms with Crippen LogP contribution in [0.3, 0.4) is 0 Å². The van der Waals surface area contributed by atoms with Gasteiger partial charge >= 0.3 is 0 Å². The van der Waals surface area contributed by atoms with Gasteiger partial charge in [-0.3, -0.25) is 14.5 Å². The smallest absolute Gasteiger partial charge is 0.270 e. The van der Waals surface area contributed by atoms with E-state index in [2.05, 4.69) is 12.2 Å². The quantitative estimate of drug-likeness (QED) is 0.235. The average molecular weight is 553 g/mol. The largest absolute Gasteiger partial charge is 0.490 e. The van der Waals surface area contributed by atoms with Crippen LogP contribution in [0.5, 0.6) is 11.5 Å². The number of halogens is 1. The highest BCUT2D eigenvalue weighted by molar-refractivity contribution is 8.27. The molecule has 2 amide bonds. The zero-order valence-electron chi connectivity index (χ0n) is 20.3. The summed E-state index contributed by atoms with van der Waals surface area (Å²) in [4.78, 5) is 27.5. The summed E-state index contributed by atoms with van der Waals surface area (Å²) in [5.41, 5.74) is 3.27. The number of hydrogen-bond donors (Lipinski definition) is 1. The van der Waals surface area contributed by atoms with Gasteiger partial charge in [-0.2, -0.15) is 0 Å². The Morgan fingerprint density at radius 3 is 2.54 bits per heavy atom. The van der Waals surface area contributed by atoms with Crippen LogP contribution in [0.25, 0.3) is 6.08 Å². The zero-order chi connectivity index (χ0) is 26.4. The second-order valence-corrected chi connectivity index (χ2v) is 10.1. The molecule has 0 saturated carbocycles. The molecule has 0 bridgehead atoms. The third-order valence-electron chi connectivity index (χ3n) is 5.43. The Balaban J connectivity index is 1.47. The summed E-state index contributed by atoms with van der Waals surface area (Å²) in [7, 11) is 0. The van der Waals surface area contributed by atoms with Crippen LogP contribution in [-0.4, -0.2) is 29.3 Å². The van der Waals surface area contributed by atoms with Crippen LogP contribution in [0.15, 0.2) is 71.6 Å². The summed E-state index contributed by atoms with van der Waals surface area (Å²) in [6, 6.07) is 20.0. The van der Waals surface area contributed by atoms with Crippen LogP contribution in [0.4, 0.5) is 11.4 Å². The molecule has 9 heteroatoms. The molecule has 0 aromatic heterocycles. The number of thiocarbonyl (C=S) groups is 1. The van der Waals surface area contributed by atoms with Gasteiger partial charge in [0.15, 0.2) is 22.4 Å². The molecule has 0 radical (unpaired) electrons. The van der Waals surface area contributed by atoms with Crippen molar-refractivity contribution in [3.63, 3.8) is 0 Å². The first-order valence-electron chi connectivity index (χ1n) is 11.7. The third kappa shape index (κ3) is 6.71. The van der Waals surface area contributed by atoms with Gasteiger partial charge in [-0.05, 0) is 73.0 Å². The maximum atomic E-state index is 13.1. The van der Waals surface area contributed by atoms with E-state index in [-0.39, 0.29) is 18.4 Å². The lowest BCUT2D eigenvalue weighted by atomic mass is 10.1. The summed E-state index contributed by atoms with van der Waals surface area (Å²) < 4.78 is 11.9. The number of amides is 2. The van der Waals surface area contributed by atoms with Crippen molar-refractivity contribution in [2.24, 2.45) is 0 Å². The number of nitrogens with one attached hydrogen (secondary N) is 1. The Labute approximate surface area is 230 Å². The van der Waals surface area contributed by atoms with E-state index < -0.39 is 0 Å². The highest BCUT2D eigenvalue weighted by Crippen LogP contribution is 2.37. The molecule has 0 atom stereocenters. The minimum atomic E-state index is -0.329. The van der Waals surface area contributed by atoms with Gasteiger partial charge < -0.3 is 14.8 Å². The molecule has 6 nitrogen and oxygen atoms in total. The molecule has 1 heterocycles. The fraction of sp³-hybridized carbons (Fsp3) is 0.179. The third-order valence-corrected chi connectivity index (χ3v) is 6.97. The molecule has 1 aliphatic heterocycles. The molecule has 1 fully saturated rings. The molecule has 0 aliphatic carbocycles. The van der Waals surface area contributed by atoms with Gasteiger partial charge in [0.05, 0.1) is 17.2 Å². The van der Waals surface area contributed by atoms with Crippen LogP contribution >= 0.6 is 35.6 Å². The van der Waals surface area contributed by atoms with Crippen LogP contribution in [0.2, 0.25) is 5.02 Å². The molecular weight excluding hydrogens is 528 g/mol. The number of anilines is 2. The van der Waals surface area contributed by atoms with Crippen molar-refractivity contribution in [2.75, 3.05) is 23.4 Å². The summed E-state index contributed by atoms with van der Waals surface area (Å²) in [6.07, 6.45) is 2.70. The molecule has 1 saturated heterocycles. The second kappa shape index (κ2) is 12.3. The summed E-state index contributed by atoms with van der Waals surface area (Å²) in [5, 5.41) is 3.27. The molecule has 190 valence electrons. The Hall–Kier alpha value is -3.33. The van der Waals surface area contributed by atoms with Crippen LogP contribution in [0, 0.1) is 0 Å². The first-order valence-corrected chi connectivity index (χ1v) is 13.3. The van der Waals surface area contributed by atoms with E-state index in [0.717, 1.165) is 17.7 Å². The normalized spacial score (nSPS) is 14.2. The first kappa shape index (κ1) is 26.7. The maximum Gasteiger partial charge on any atom is 0.270 e. The van der Waals surface area contributed by atoms with Crippen molar-refractivity contribution < 1.29 is 19.1 Å². The summed E-state index contributed by atoms with van der Waals surface area (Å²) in [6.45, 7) is 4.14. The Morgan fingerprint density at radius 1 is 1.05 bits per heavy atom. The molecule has 37 heavy (non-hydrogen) atoms. The second-order valence-electron chi connectivity index (χ2n) is 8.02. The van der Waals surface area contributed by atoms with E-state index in [1.807, 2.05) is 31.2 Å². The standard InChI is InChI=1S/C28H25ClN2O4S2/c1-3-18-8-11-22(12-9-18)31-27(33)25(37-28(31)36)15-19-10-13-23(24(14-19)34-4-2)35-17-26(32)30-21-7-5-6-20(29)16-21/h5-16H,3-4,17H2,1-2H3,(H,30,32)/b25-15-. The van der Waals surface area contributed by atoms with Crippen molar-refractivity contribution >= 4 is 69.2 Å². The molecule has 1 N–H and O–H groups in total. The first-order chi connectivity index (χ1) is 17.9. The molecular formula is C28H25ClN2O4S2. The Kier molecular flexibility index (Phi) is 8.87. The summed E-state index contributed by atoms with van der Waals surface area (Å²) >= 11 is 12.7. The van der Waals surface area contributed by atoms with Gasteiger partial charge in [0.25, 0.3) is 11.8 Å². The van der Waals surface area contributed by atoms with E-state index in [4.69, 9.17) is 33.3 Å². The predicted molar refractivity (Wildman–Crippen MR) is 155 cm³/mol. The van der Waals surface area contributed by atoms with Gasteiger partial charge in [-0.15, -0.1) is 0 Å². The number of carbonyl (C=O) groups is 2. The van der Waals surface area contributed by atoms with Gasteiger partial charge in [0, 0.05) is 10.7 Å². The Morgan fingerprint density at radius 2 is 1.84 bits per heavy atom. The lowest BCUT2D eigenvalue weighted by molar-refractivity contribution is -0.118. The number of hydrogen-bond acceptors (Lipinski definition) is 6. The van der Waals surface area contributed by atoms with Gasteiger partial charge in [0.1, 0.15) is 0 Å². The van der Waals surface area contributed by atoms with Crippen LogP contribution < -0.4 is 19.7 Å². The number of rotatable bonds is 9. The van der Waals surface area contributed by atoms with Crippen molar-refractivity contribution in [3.05, 3.63) is 87.8 Å². The monoisotopic (exact) mass is 552 g/mol. The molecule has 0 spiro atoms. The highest BCUT2D eigenvalue weighted by Gasteiger charge is 2.33. The van der Waals surface area contributed by atoms with Gasteiger partial charge in [-0.1, -0.05) is 66.8 Å². The number of benzene rings is 3. The van der Waals surface area contributed by atoms with E-state index in [9.17, 15) is 9.59 Å². The Bertz CT molecular complexity index is 1360. The van der Waals surface area contributed by atoms with E-state index in [1.165, 1.54) is 17.3 Å². The van der Waals surface area contributed by atoms with Gasteiger partial charge in [0.2, 0.25) is 0 Å². The average Bonchev–Trinajstić information content (AvgIpc) is 3.16. The number of carbonyl (C=O) groups excluding carboxylic acids is 2. The minimum absolute atomic E-state index is 0.171. The van der Waals surface area contributed by atoms with Crippen LogP contribution in [0.1, 0.15) is 25.0 Å². The van der Waals surface area contributed by atoms with E-state index in [1.54, 1.807) is 53.4 Å². The predicted octanol–water partition coefficient (Wildman–Crippen LogP) is 6.72.